The first kappa shape index (κ1) is 25.9. The van der Waals surface area contributed by atoms with Crippen LogP contribution in [0.15, 0.2) is 54.9 Å². The number of urea groups is 1. The van der Waals surface area contributed by atoms with E-state index >= 15 is 0 Å². The largest absolute Gasteiger partial charge is 0.376 e. The van der Waals surface area contributed by atoms with Crippen LogP contribution in [0.5, 0.6) is 0 Å². The van der Waals surface area contributed by atoms with Crippen LogP contribution in [0.3, 0.4) is 0 Å². The third-order valence-corrected chi connectivity index (χ3v) is 7.19. The maximum atomic E-state index is 14.0. The van der Waals surface area contributed by atoms with Gasteiger partial charge in [-0.15, -0.1) is 0 Å². The number of amides is 2. The van der Waals surface area contributed by atoms with E-state index < -0.39 is 17.7 Å². The minimum atomic E-state index is -0.816. The van der Waals surface area contributed by atoms with E-state index in [1.54, 1.807) is 11.2 Å². The lowest BCUT2D eigenvalue weighted by Gasteiger charge is -2.34. The summed E-state index contributed by atoms with van der Waals surface area (Å²) in [6.45, 7) is 3.77. The van der Waals surface area contributed by atoms with Gasteiger partial charge in [-0.05, 0) is 30.5 Å². The van der Waals surface area contributed by atoms with Crippen LogP contribution in [0.2, 0.25) is 0 Å². The third kappa shape index (κ3) is 5.67. The Morgan fingerprint density at radius 2 is 1.88 bits per heavy atom. The molecule has 40 heavy (non-hydrogen) atoms. The van der Waals surface area contributed by atoms with Crippen LogP contribution < -0.4 is 15.5 Å². The Labute approximate surface area is 230 Å². The maximum absolute atomic E-state index is 14.0. The lowest BCUT2D eigenvalue weighted by atomic mass is 10.2. The molecule has 2 amide bonds. The lowest BCUT2D eigenvalue weighted by molar-refractivity contribution is 0.120. The molecule has 4 aromatic rings. The molecule has 2 aromatic heterocycles. The van der Waals surface area contributed by atoms with Gasteiger partial charge in [0.1, 0.15) is 11.6 Å². The van der Waals surface area contributed by atoms with Gasteiger partial charge in [0.25, 0.3) is 0 Å². The number of rotatable bonds is 7. The van der Waals surface area contributed by atoms with E-state index in [9.17, 15) is 13.6 Å². The Bertz CT molecular complexity index is 1480. The van der Waals surface area contributed by atoms with Gasteiger partial charge in [-0.25, -0.2) is 18.6 Å². The predicted octanol–water partition coefficient (Wildman–Crippen LogP) is 4.10. The van der Waals surface area contributed by atoms with Crippen molar-refractivity contribution >= 4 is 34.6 Å². The number of hydrogen-bond donors (Lipinski definition) is 2. The zero-order valence-corrected chi connectivity index (χ0v) is 21.9. The number of piperazine rings is 1. The summed E-state index contributed by atoms with van der Waals surface area (Å²) in [5.41, 5.74) is 2.48. The van der Waals surface area contributed by atoms with Crippen molar-refractivity contribution in [1.82, 2.24) is 24.4 Å². The molecule has 12 heteroatoms. The molecule has 2 saturated heterocycles. The standard InChI is InChI=1S/C28H30F2N8O2/c29-20-8-9-23(22(30)15-20)33-28(39)37-12-10-36(11-13-37)27-34-25(31-16-21-7-4-14-40-21)24-26(35-27)38(18-32-24)17-19-5-2-1-3-6-19/h1-3,5-6,8-9,15,18,21H,4,7,10-14,16-17H2,(H,33,39)(H,31,34,35). The Kier molecular flexibility index (Phi) is 7.41. The van der Waals surface area contributed by atoms with E-state index in [1.165, 1.54) is 6.07 Å². The molecule has 208 valence electrons. The van der Waals surface area contributed by atoms with Crippen molar-refractivity contribution in [2.45, 2.75) is 25.5 Å². The van der Waals surface area contributed by atoms with E-state index in [0.29, 0.717) is 56.6 Å². The Morgan fingerprint density at radius 3 is 2.62 bits per heavy atom. The number of carbonyl (C=O) groups is 1. The molecule has 0 saturated carbocycles. The highest BCUT2D eigenvalue weighted by molar-refractivity contribution is 5.89. The van der Waals surface area contributed by atoms with Crippen LogP contribution >= 0.6 is 0 Å². The molecule has 2 aromatic carbocycles. The topological polar surface area (TPSA) is 100 Å². The number of benzene rings is 2. The summed E-state index contributed by atoms with van der Waals surface area (Å²) >= 11 is 0. The number of carbonyl (C=O) groups excluding carboxylic acids is 1. The first-order valence-electron chi connectivity index (χ1n) is 13.4. The van der Waals surface area contributed by atoms with Gasteiger partial charge in [0.15, 0.2) is 17.0 Å². The van der Waals surface area contributed by atoms with Crippen molar-refractivity contribution in [3.8, 4) is 0 Å². The van der Waals surface area contributed by atoms with E-state index in [1.807, 2.05) is 27.7 Å². The van der Waals surface area contributed by atoms with Gasteiger partial charge in [0.05, 0.1) is 24.7 Å². The van der Waals surface area contributed by atoms with Crippen molar-refractivity contribution in [1.29, 1.82) is 0 Å². The summed E-state index contributed by atoms with van der Waals surface area (Å²) < 4.78 is 35.0. The summed E-state index contributed by atoms with van der Waals surface area (Å²) in [6, 6.07) is 12.7. The Balaban J connectivity index is 1.20. The number of nitrogens with zero attached hydrogens (tertiary/aromatic N) is 6. The molecule has 2 aliphatic rings. The number of fused-ring (bicyclic) bond motifs is 1. The van der Waals surface area contributed by atoms with Crippen LogP contribution in [0.4, 0.5) is 31.0 Å². The average Bonchev–Trinajstić information content (AvgIpc) is 3.64. The van der Waals surface area contributed by atoms with Gasteiger partial charge in [0.2, 0.25) is 5.95 Å². The smallest absolute Gasteiger partial charge is 0.322 e. The van der Waals surface area contributed by atoms with E-state index in [0.717, 1.165) is 42.8 Å². The summed E-state index contributed by atoms with van der Waals surface area (Å²) in [6.07, 6.45) is 3.97. The number of ether oxygens (including phenoxy) is 1. The highest BCUT2D eigenvalue weighted by atomic mass is 19.1. The van der Waals surface area contributed by atoms with Gasteiger partial charge in [-0.1, -0.05) is 30.3 Å². The molecular formula is C28H30F2N8O2. The zero-order valence-electron chi connectivity index (χ0n) is 21.9. The van der Waals surface area contributed by atoms with Gasteiger partial charge in [-0.3, -0.25) is 0 Å². The fourth-order valence-electron chi connectivity index (χ4n) is 5.00. The van der Waals surface area contributed by atoms with E-state index in [2.05, 4.69) is 27.8 Å². The van der Waals surface area contributed by atoms with Crippen LogP contribution in [0.25, 0.3) is 11.2 Å². The minimum absolute atomic E-state index is 0.0590. The van der Waals surface area contributed by atoms with E-state index in [-0.39, 0.29) is 11.8 Å². The van der Waals surface area contributed by atoms with Crippen LogP contribution in [0.1, 0.15) is 18.4 Å². The second-order valence-electron chi connectivity index (χ2n) is 9.95. The molecule has 0 aliphatic carbocycles. The number of anilines is 3. The molecule has 2 fully saturated rings. The average molecular weight is 549 g/mol. The summed E-state index contributed by atoms with van der Waals surface area (Å²) in [5.74, 6) is -0.323. The fourth-order valence-corrected chi connectivity index (χ4v) is 5.00. The van der Waals surface area contributed by atoms with Crippen molar-refractivity contribution in [2.75, 3.05) is 54.9 Å². The van der Waals surface area contributed by atoms with Crippen LogP contribution in [0, 0.1) is 11.6 Å². The molecule has 4 heterocycles. The molecule has 2 aliphatic heterocycles. The zero-order chi connectivity index (χ0) is 27.5. The van der Waals surface area contributed by atoms with Crippen LogP contribution in [-0.2, 0) is 11.3 Å². The monoisotopic (exact) mass is 548 g/mol. The summed E-state index contributed by atoms with van der Waals surface area (Å²) in [5, 5.41) is 5.96. The van der Waals surface area contributed by atoms with Gasteiger partial charge >= 0.3 is 6.03 Å². The molecule has 6 rings (SSSR count). The molecule has 0 spiro atoms. The lowest BCUT2D eigenvalue weighted by Crippen LogP contribution is -2.50. The van der Waals surface area contributed by atoms with Crippen molar-refractivity contribution in [3.05, 3.63) is 72.1 Å². The first-order chi connectivity index (χ1) is 19.5. The molecular weight excluding hydrogens is 518 g/mol. The highest BCUT2D eigenvalue weighted by Gasteiger charge is 2.25. The Hall–Kier alpha value is -4.32. The minimum Gasteiger partial charge on any atom is -0.376 e. The van der Waals surface area contributed by atoms with E-state index in [4.69, 9.17) is 14.7 Å². The predicted molar refractivity (Wildman–Crippen MR) is 147 cm³/mol. The van der Waals surface area contributed by atoms with Crippen molar-refractivity contribution in [2.24, 2.45) is 0 Å². The maximum Gasteiger partial charge on any atom is 0.322 e. The van der Waals surface area contributed by atoms with Gasteiger partial charge < -0.3 is 29.7 Å². The third-order valence-electron chi connectivity index (χ3n) is 7.19. The summed E-state index contributed by atoms with van der Waals surface area (Å²) in [4.78, 5) is 30.7. The second kappa shape index (κ2) is 11.4. The SMILES string of the molecule is O=C(Nc1ccc(F)cc1F)N1CCN(c2nc(NCC3CCCO3)c3ncn(Cc4ccccc4)c3n2)CC1. The second-order valence-corrected chi connectivity index (χ2v) is 9.95. The Morgan fingerprint density at radius 1 is 1.05 bits per heavy atom. The van der Waals surface area contributed by atoms with Gasteiger partial charge in [-0.2, -0.15) is 9.97 Å². The fraction of sp³-hybridized carbons (Fsp3) is 0.357. The number of imidazole rings is 1. The van der Waals surface area contributed by atoms with Gasteiger partial charge in [0, 0.05) is 45.4 Å². The van der Waals surface area contributed by atoms with Crippen LogP contribution in [-0.4, -0.2) is 75.9 Å². The number of aromatic nitrogens is 4. The highest BCUT2D eigenvalue weighted by Crippen LogP contribution is 2.25. The molecule has 1 unspecified atom stereocenters. The number of nitrogens with one attached hydrogen (secondary N) is 2. The first-order valence-corrected chi connectivity index (χ1v) is 13.4. The summed E-state index contributed by atoms with van der Waals surface area (Å²) in [7, 11) is 0. The van der Waals surface area contributed by atoms with Crippen molar-refractivity contribution in [3.63, 3.8) is 0 Å². The molecule has 2 N–H and O–H groups in total. The normalized spacial score (nSPS) is 17.4. The molecule has 10 nitrogen and oxygen atoms in total. The molecule has 0 bridgehead atoms. The molecule has 1 atom stereocenters. The van der Waals surface area contributed by atoms with Crippen molar-refractivity contribution < 1.29 is 18.3 Å². The number of hydrogen-bond acceptors (Lipinski definition) is 7. The quantitative estimate of drug-likeness (QED) is 0.359. The molecule has 0 radical (unpaired) electrons. The number of halogens is 2.